The number of fused-ring (bicyclic) bond motifs is 1. The number of carbonyl (C=O) groups is 1. The van der Waals surface area contributed by atoms with Crippen molar-refractivity contribution in [2.75, 3.05) is 25.9 Å². The summed E-state index contributed by atoms with van der Waals surface area (Å²) >= 11 is 10.0. The second kappa shape index (κ2) is 7.59. The maximum Gasteiger partial charge on any atom is 0.407 e. The van der Waals surface area contributed by atoms with Gasteiger partial charge in [-0.1, -0.05) is 11.6 Å². The lowest BCUT2D eigenvalue weighted by molar-refractivity contribution is 0.104. The Labute approximate surface area is 185 Å². The van der Waals surface area contributed by atoms with Crippen LogP contribution in [0.4, 0.5) is 10.6 Å². The van der Waals surface area contributed by atoms with E-state index in [4.69, 9.17) is 22.1 Å². The van der Waals surface area contributed by atoms with Crippen LogP contribution in [-0.2, 0) is 0 Å². The highest BCUT2D eigenvalue weighted by molar-refractivity contribution is 9.10. The van der Waals surface area contributed by atoms with Crippen LogP contribution in [0.25, 0.3) is 11.0 Å². The van der Waals surface area contributed by atoms with E-state index in [1.165, 1.54) is 11.2 Å². The van der Waals surface area contributed by atoms with Crippen molar-refractivity contribution in [2.24, 2.45) is 0 Å². The smallest absolute Gasteiger partial charge is 0.407 e. The number of hydrogen-bond acceptors (Lipinski definition) is 6. The monoisotopic (exact) mass is 494 g/mol. The fraction of sp³-hybridized carbons (Fsp3) is 0.368. The summed E-state index contributed by atoms with van der Waals surface area (Å²) < 4.78 is 8.11. The summed E-state index contributed by atoms with van der Waals surface area (Å²) in [5.41, 5.74) is 9.23. The van der Waals surface area contributed by atoms with Crippen molar-refractivity contribution in [3.63, 3.8) is 0 Å². The Morgan fingerprint density at radius 2 is 2.13 bits per heavy atom. The van der Waals surface area contributed by atoms with Gasteiger partial charge in [0.15, 0.2) is 5.65 Å². The predicted octanol–water partition coefficient (Wildman–Crippen LogP) is 3.83. The van der Waals surface area contributed by atoms with E-state index in [2.05, 4.69) is 31.0 Å². The van der Waals surface area contributed by atoms with Gasteiger partial charge in [-0.25, -0.2) is 19.4 Å². The number of nitrogens with two attached hydrogens (primary N) is 1. The average molecular weight is 496 g/mol. The molecule has 0 radical (unpaired) electrons. The quantitative estimate of drug-likeness (QED) is 0.564. The highest BCUT2D eigenvalue weighted by atomic mass is 79.9. The summed E-state index contributed by atoms with van der Waals surface area (Å²) in [6, 6.07) is 1.58. The number of aromatic nitrogens is 4. The number of nitrogen functional groups attached to an aromatic ring is 1. The summed E-state index contributed by atoms with van der Waals surface area (Å²) in [4.78, 5) is 21.0. The molecule has 1 unspecified atom stereocenters. The van der Waals surface area contributed by atoms with Crippen LogP contribution in [0.1, 0.15) is 35.6 Å². The largest absolute Gasteiger partial charge is 0.496 e. The first-order valence-electron chi connectivity index (χ1n) is 9.23. The molecule has 9 nitrogen and oxygen atoms in total. The van der Waals surface area contributed by atoms with Crippen LogP contribution < -0.4 is 10.5 Å². The Morgan fingerprint density at radius 1 is 1.43 bits per heavy atom. The Kier molecular flexibility index (Phi) is 5.23. The minimum Gasteiger partial charge on any atom is -0.496 e. The minimum absolute atomic E-state index is 0.0137. The summed E-state index contributed by atoms with van der Waals surface area (Å²) in [5, 5.41) is 15.0. The molecular formula is C19H20BrClN6O3. The van der Waals surface area contributed by atoms with Crippen LogP contribution in [0.3, 0.4) is 0 Å². The van der Waals surface area contributed by atoms with Crippen LogP contribution in [0, 0.1) is 6.92 Å². The van der Waals surface area contributed by atoms with Gasteiger partial charge in [0.25, 0.3) is 0 Å². The topological polar surface area (TPSA) is 119 Å². The Hall–Kier alpha value is -2.59. The fourth-order valence-corrected chi connectivity index (χ4v) is 4.74. The summed E-state index contributed by atoms with van der Waals surface area (Å²) in [7, 11) is 1.60. The third-order valence-electron chi connectivity index (χ3n) is 5.61. The fourth-order valence-electron chi connectivity index (χ4n) is 3.97. The van der Waals surface area contributed by atoms with E-state index >= 15 is 0 Å². The Balaban J connectivity index is 1.84. The molecule has 0 spiro atoms. The van der Waals surface area contributed by atoms with Crippen molar-refractivity contribution in [1.82, 2.24) is 24.6 Å². The molecule has 4 rings (SSSR count). The second-order valence-corrected chi connectivity index (χ2v) is 8.43. The summed E-state index contributed by atoms with van der Waals surface area (Å²) in [6.07, 6.45) is 0.470. The molecule has 1 aliphatic heterocycles. The number of carboxylic acid groups (broad SMARTS) is 1. The van der Waals surface area contributed by atoms with Gasteiger partial charge in [-0.3, -0.25) is 0 Å². The number of methoxy groups -OCH3 is 1. The van der Waals surface area contributed by atoms with Crippen molar-refractivity contribution in [2.45, 2.75) is 25.8 Å². The molecule has 158 valence electrons. The number of rotatable bonds is 4. The van der Waals surface area contributed by atoms with E-state index in [0.717, 1.165) is 16.7 Å². The molecule has 0 saturated carbocycles. The number of benzene rings is 1. The number of nitrogens with zero attached hydrogens (tertiary/aromatic N) is 5. The van der Waals surface area contributed by atoms with E-state index in [0.29, 0.717) is 45.3 Å². The molecule has 1 fully saturated rings. The molecular weight excluding hydrogens is 476 g/mol. The first kappa shape index (κ1) is 20.7. The molecule has 0 bridgehead atoms. The lowest BCUT2D eigenvalue weighted by Gasteiger charge is -2.39. The summed E-state index contributed by atoms with van der Waals surface area (Å²) in [6.45, 7) is 4.70. The zero-order chi connectivity index (χ0) is 21.7. The van der Waals surface area contributed by atoms with E-state index in [1.807, 2.05) is 19.9 Å². The van der Waals surface area contributed by atoms with Gasteiger partial charge in [0, 0.05) is 35.2 Å². The number of ether oxygens (including phenoxy) is 1. The Morgan fingerprint density at radius 3 is 2.77 bits per heavy atom. The van der Waals surface area contributed by atoms with E-state index in [-0.39, 0.29) is 12.0 Å². The number of amides is 1. The van der Waals surface area contributed by atoms with Gasteiger partial charge in [0.05, 0.1) is 18.5 Å². The predicted molar refractivity (Wildman–Crippen MR) is 116 cm³/mol. The van der Waals surface area contributed by atoms with Gasteiger partial charge in [0.2, 0.25) is 0 Å². The molecule has 1 atom stereocenters. The first-order chi connectivity index (χ1) is 14.2. The van der Waals surface area contributed by atoms with Gasteiger partial charge >= 0.3 is 6.09 Å². The van der Waals surface area contributed by atoms with E-state index in [1.54, 1.807) is 11.8 Å². The van der Waals surface area contributed by atoms with Gasteiger partial charge in [-0.15, -0.1) is 0 Å². The van der Waals surface area contributed by atoms with Crippen molar-refractivity contribution >= 4 is 50.5 Å². The van der Waals surface area contributed by atoms with Gasteiger partial charge in [-0.2, -0.15) is 5.10 Å². The average Bonchev–Trinajstić information content (AvgIpc) is 3.00. The van der Waals surface area contributed by atoms with Gasteiger partial charge in [-0.05, 0) is 41.4 Å². The number of hydrogen-bond donors (Lipinski definition) is 2. The van der Waals surface area contributed by atoms with Crippen LogP contribution in [0.2, 0.25) is 5.02 Å². The highest BCUT2D eigenvalue weighted by Gasteiger charge is 2.36. The lowest BCUT2D eigenvalue weighted by atomic mass is 9.85. The van der Waals surface area contributed by atoms with Crippen molar-refractivity contribution in [3.05, 3.63) is 38.7 Å². The lowest BCUT2D eigenvalue weighted by Crippen LogP contribution is -2.48. The van der Waals surface area contributed by atoms with Crippen molar-refractivity contribution in [1.29, 1.82) is 0 Å². The maximum absolute atomic E-state index is 11.2. The molecule has 30 heavy (non-hydrogen) atoms. The molecule has 11 heteroatoms. The van der Waals surface area contributed by atoms with Crippen molar-refractivity contribution < 1.29 is 14.6 Å². The number of anilines is 1. The summed E-state index contributed by atoms with van der Waals surface area (Å²) in [5.74, 6) is 1.03. The third-order valence-corrected chi connectivity index (χ3v) is 6.56. The van der Waals surface area contributed by atoms with Crippen LogP contribution in [-0.4, -0.2) is 56.0 Å². The SMILES string of the molecule is COc1c(C(C)n2nc(Br)c3c(N)ncnc32)cc(Cl)c(C)c1C1CN(C(=O)O)C1. The molecule has 3 N–H and O–H groups in total. The molecule has 1 aromatic carbocycles. The molecule has 0 aliphatic carbocycles. The zero-order valence-corrected chi connectivity index (χ0v) is 18.9. The standard InChI is InChI=1S/C19H20BrClN6O3/c1-8-12(21)4-11(15(30-3)13(8)10-5-26(6-10)19(28)29)9(2)27-18-14(16(20)25-27)17(22)23-7-24-18/h4,7,9-10H,5-6H2,1-3H3,(H,28,29)(H2,22,23,24). The van der Waals surface area contributed by atoms with Crippen LogP contribution in [0.15, 0.2) is 17.0 Å². The first-order valence-corrected chi connectivity index (χ1v) is 10.4. The maximum atomic E-state index is 11.2. The van der Waals surface area contributed by atoms with Gasteiger partial charge in [0.1, 0.15) is 22.5 Å². The molecule has 3 aromatic rings. The second-order valence-electron chi connectivity index (χ2n) is 7.27. The molecule has 1 amide bonds. The minimum atomic E-state index is -0.927. The van der Waals surface area contributed by atoms with Crippen LogP contribution >= 0.6 is 27.5 Å². The third kappa shape index (κ3) is 3.14. The normalized spacial score (nSPS) is 15.3. The van der Waals surface area contributed by atoms with E-state index in [9.17, 15) is 9.90 Å². The molecule has 3 heterocycles. The van der Waals surface area contributed by atoms with E-state index < -0.39 is 6.09 Å². The molecule has 1 aliphatic rings. The van der Waals surface area contributed by atoms with Crippen molar-refractivity contribution in [3.8, 4) is 5.75 Å². The Bertz CT molecular complexity index is 1160. The zero-order valence-electron chi connectivity index (χ0n) is 16.6. The molecule has 2 aromatic heterocycles. The highest BCUT2D eigenvalue weighted by Crippen LogP contribution is 2.44. The number of halogens is 2. The number of likely N-dealkylation sites (tertiary alicyclic amines) is 1. The van der Waals surface area contributed by atoms with Crippen LogP contribution in [0.5, 0.6) is 5.75 Å². The van der Waals surface area contributed by atoms with Gasteiger partial charge < -0.3 is 20.5 Å². The molecule has 1 saturated heterocycles.